The lowest BCUT2D eigenvalue weighted by atomic mass is 10.2. The molecule has 0 unspecified atom stereocenters. The van der Waals surface area contributed by atoms with Crippen LogP contribution in [0.25, 0.3) is 0 Å². The maximum absolute atomic E-state index is 4.47. The van der Waals surface area contributed by atoms with Gasteiger partial charge in [0.2, 0.25) is 0 Å². The van der Waals surface area contributed by atoms with Crippen molar-refractivity contribution >= 4 is 17.3 Å². The largest absolute Gasteiger partial charge is 0.356 e. The SMILES string of the molecule is CN(c1ccccc1)c1cc(N2CCCCCC2)ncn1. The van der Waals surface area contributed by atoms with Gasteiger partial charge in [-0.05, 0) is 25.0 Å². The Labute approximate surface area is 126 Å². The van der Waals surface area contributed by atoms with Gasteiger partial charge in [0.25, 0.3) is 0 Å². The number of anilines is 3. The van der Waals surface area contributed by atoms with Gasteiger partial charge in [-0.15, -0.1) is 0 Å². The molecule has 1 aromatic carbocycles. The average Bonchev–Trinajstić information content (AvgIpc) is 2.84. The van der Waals surface area contributed by atoms with Crippen molar-refractivity contribution in [2.45, 2.75) is 25.7 Å². The summed E-state index contributed by atoms with van der Waals surface area (Å²) in [4.78, 5) is 13.4. The zero-order valence-corrected chi connectivity index (χ0v) is 12.6. The van der Waals surface area contributed by atoms with Crippen LogP contribution in [0.15, 0.2) is 42.7 Å². The summed E-state index contributed by atoms with van der Waals surface area (Å²) in [6, 6.07) is 12.4. The van der Waals surface area contributed by atoms with Crippen molar-refractivity contribution in [1.82, 2.24) is 9.97 Å². The second-order valence-corrected chi connectivity index (χ2v) is 5.53. The number of rotatable bonds is 3. The van der Waals surface area contributed by atoms with E-state index in [1.54, 1.807) is 6.33 Å². The fourth-order valence-corrected chi connectivity index (χ4v) is 2.78. The fraction of sp³-hybridized carbons (Fsp3) is 0.412. The molecule has 2 aromatic rings. The highest BCUT2D eigenvalue weighted by molar-refractivity contribution is 5.61. The van der Waals surface area contributed by atoms with E-state index in [9.17, 15) is 0 Å². The molecule has 0 N–H and O–H groups in total. The number of para-hydroxylation sites is 1. The molecule has 0 spiro atoms. The molecule has 0 bridgehead atoms. The minimum Gasteiger partial charge on any atom is -0.356 e. The number of aromatic nitrogens is 2. The summed E-state index contributed by atoms with van der Waals surface area (Å²) in [5.41, 5.74) is 1.14. The van der Waals surface area contributed by atoms with E-state index >= 15 is 0 Å². The van der Waals surface area contributed by atoms with Gasteiger partial charge in [-0.1, -0.05) is 31.0 Å². The third kappa shape index (κ3) is 3.32. The molecule has 1 aliphatic heterocycles. The van der Waals surface area contributed by atoms with Gasteiger partial charge in [-0.3, -0.25) is 0 Å². The van der Waals surface area contributed by atoms with E-state index in [0.29, 0.717) is 0 Å². The maximum Gasteiger partial charge on any atom is 0.138 e. The van der Waals surface area contributed by atoms with Crippen molar-refractivity contribution in [3.05, 3.63) is 42.7 Å². The van der Waals surface area contributed by atoms with Crippen LogP contribution in [0.2, 0.25) is 0 Å². The molecule has 4 nitrogen and oxygen atoms in total. The van der Waals surface area contributed by atoms with E-state index in [1.165, 1.54) is 25.7 Å². The van der Waals surface area contributed by atoms with E-state index in [4.69, 9.17) is 0 Å². The topological polar surface area (TPSA) is 32.3 Å². The number of hydrogen-bond acceptors (Lipinski definition) is 4. The Balaban J connectivity index is 1.82. The van der Waals surface area contributed by atoms with Crippen LogP contribution in [0.1, 0.15) is 25.7 Å². The Kier molecular flexibility index (Phi) is 4.34. The van der Waals surface area contributed by atoms with E-state index in [0.717, 1.165) is 30.4 Å². The molecule has 1 aromatic heterocycles. The van der Waals surface area contributed by atoms with Gasteiger partial charge >= 0.3 is 0 Å². The van der Waals surface area contributed by atoms with Crippen LogP contribution < -0.4 is 9.80 Å². The Bertz CT molecular complexity index is 562. The van der Waals surface area contributed by atoms with E-state index in [-0.39, 0.29) is 0 Å². The first-order valence-electron chi connectivity index (χ1n) is 7.70. The highest BCUT2D eigenvalue weighted by Crippen LogP contribution is 2.24. The summed E-state index contributed by atoms with van der Waals surface area (Å²) in [7, 11) is 2.05. The van der Waals surface area contributed by atoms with Crippen molar-refractivity contribution < 1.29 is 0 Å². The summed E-state index contributed by atoms with van der Waals surface area (Å²) in [6.45, 7) is 2.21. The minimum absolute atomic E-state index is 0.940. The third-order valence-corrected chi connectivity index (χ3v) is 4.06. The highest BCUT2D eigenvalue weighted by Gasteiger charge is 2.13. The first-order chi connectivity index (χ1) is 10.3. The standard InChI is InChI=1S/C17H22N4/c1-20(15-9-5-4-6-10-15)16-13-17(19-14-18-16)21-11-7-2-3-8-12-21/h4-6,9-10,13-14H,2-3,7-8,11-12H2,1H3. The third-order valence-electron chi connectivity index (χ3n) is 4.06. The van der Waals surface area contributed by atoms with Gasteiger partial charge in [0.05, 0.1) is 0 Å². The lowest BCUT2D eigenvalue weighted by Crippen LogP contribution is -2.25. The predicted molar refractivity (Wildman–Crippen MR) is 87.2 cm³/mol. The average molecular weight is 282 g/mol. The Morgan fingerprint density at radius 2 is 1.67 bits per heavy atom. The molecule has 1 aliphatic rings. The first kappa shape index (κ1) is 13.9. The number of benzene rings is 1. The summed E-state index contributed by atoms with van der Waals surface area (Å²) < 4.78 is 0. The monoisotopic (exact) mass is 282 g/mol. The van der Waals surface area contributed by atoms with Gasteiger partial charge in [-0.2, -0.15) is 0 Å². The lowest BCUT2D eigenvalue weighted by Gasteiger charge is -2.23. The first-order valence-corrected chi connectivity index (χ1v) is 7.70. The molecule has 21 heavy (non-hydrogen) atoms. The van der Waals surface area contributed by atoms with Gasteiger partial charge in [-0.25, -0.2) is 9.97 Å². The van der Waals surface area contributed by atoms with Crippen LogP contribution in [-0.4, -0.2) is 30.1 Å². The van der Waals surface area contributed by atoms with Gasteiger partial charge in [0.1, 0.15) is 18.0 Å². The smallest absolute Gasteiger partial charge is 0.138 e. The molecule has 0 radical (unpaired) electrons. The molecule has 4 heteroatoms. The zero-order valence-electron chi connectivity index (χ0n) is 12.6. The second kappa shape index (κ2) is 6.57. The number of hydrogen-bond donors (Lipinski definition) is 0. The van der Waals surface area contributed by atoms with Crippen LogP contribution in [0.4, 0.5) is 17.3 Å². The van der Waals surface area contributed by atoms with Gasteiger partial charge in [0, 0.05) is 31.9 Å². The summed E-state index contributed by atoms with van der Waals surface area (Å²) in [6.07, 6.45) is 6.85. The molecule has 0 atom stereocenters. The molecule has 1 fully saturated rings. The van der Waals surface area contributed by atoms with Crippen molar-refractivity contribution in [2.24, 2.45) is 0 Å². The van der Waals surface area contributed by atoms with Crippen molar-refractivity contribution in [3.63, 3.8) is 0 Å². The van der Waals surface area contributed by atoms with Crippen LogP contribution in [0.3, 0.4) is 0 Å². The molecule has 0 saturated carbocycles. The van der Waals surface area contributed by atoms with Crippen LogP contribution in [0, 0.1) is 0 Å². The quantitative estimate of drug-likeness (QED) is 0.860. The molecule has 0 amide bonds. The molecule has 2 heterocycles. The van der Waals surface area contributed by atoms with Gasteiger partial charge < -0.3 is 9.80 Å². The van der Waals surface area contributed by atoms with Crippen LogP contribution in [-0.2, 0) is 0 Å². The molecular weight excluding hydrogens is 260 g/mol. The lowest BCUT2D eigenvalue weighted by molar-refractivity contribution is 0.726. The van der Waals surface area contributed by atoms with Crippen molar-refractivity contribution in [2.75, 3.05) is 29.9 Å². The predicted octanol–water partition coefficient (Wildman–Crippen LogP) is 3.62. The maximum atomic E-state index is 4.47. The van der Waals surface area contributed by atoms with E-state index in [2.05, 4.69) is 38.0 Å². The molecule has 110 valence electrons. The van der Waals surface area contributed by atoms with Crippen molar-refractivity contribution in [3.8, 4) is 0 Å². The highest BCUT2D eigenvalue weighted by atomic mass is 15.2. The Morgan fingerprint density at radius 1 is 0.952 bits per heavy atom. The summed E-state index contributed by atoms with van der Waals surface area (Å²) >= 11 is 0. The van der Waals surface area contributed by atoms with E-state index in [1.807, 2.05) is 25.2 Å². The van der Waals surface area contributed by atoms with Crippen LogP contribution in [0.5, 0.6) is 0 Å². The second-order valence-electron chi connectivity index (χ2n) is 5.53. The molecule has 0 aliphatic carbocycles. The van der Waals surface area contributed by atoms with Crippen molar-refractivity contribution in [1.29, 1.82) is 0 Å². The van der Waals surface area contributed by atoms with E-state index < -0.39 is 0 Å². The zero-order chi connectivity index (χ0) is 14.5. The normalized spacial score (nSPS) is 15.6. The summed E-state index contributed by atoms with van der Waals surface area (Å²) in [5.74, 6) is 1.99. The van der Waals surface area contributed by atoms with Crippen LogP contribution >= 0.6 is 0 Å². The summed E-state index contributed by atoms with van der Waals surface area (Å²) in [5, 5.41) is 0. The Hall–Kier alpha value is -2.10. The number of nitrogens with zero attached hydrogens (tertiary/aromatic N) is 4. The Morgan fingerprint density at radius 3 is 2.38 bits per heavy atom. The fourth-order valence-electron chi connectivity index (χ4n) is 2.78. The molecular formula is C17H22N4. The van der Waals surface area contributed by atoms with Gasteiger partial charge in [0.15, 0.2) is 0 Å². The minimum atomic E-state index is 0.940. The molecule has 1 saturated heterocycles. The molecule has 3 rings (SSSR count).